The Morgan fingerprint density at radius 3 is 3.14 bits per heavy atom. The summed E-state index contributed by atoms with van der Waals surface area (Å²) in [6.07, 6.45) is 1.02. The van der Waals surface area contributed by atoms with Crippen LogP contribution in [0.15, 0.2) is 24.4 Å². The Bertz CT molecular complexity index is 424. The van der Waals surface area contributed by atoms with E-state index in [2.05, 4.69) is 10.2 Å². The molecule has 1 aromatic heterocycles. The summed E-state index contributed by atoms with van der Waals surface area (Å²) in [7, 11) is 0. The Labute approximate surface area is 81.1 Å². The van der Waals surface area contributed by atoms with Gasteiger partial charge >= 0.3 is 0 Å². The highest BCUT2D eigenvalue weighted by Gasteiger charge is 2.12. The van der Waals surface area contributed by atoms with Gasteiger partial charge in [0, 0.05) is 10.9 Å². The highest BCUT2D eigenvalue weighted by Crippen LogP contribution is 2.26. The van der Waals surface area contributed by atoms with Gasteiger partial charge in [-0.25, -0.2) is 4.39 Å². The smallest absolute Gasteiger partial charge is 0.128 e. The van der Waals surface area contributed by atoms with Gasteiger partial charge in [0.25, 0.3) is 0 Å². The third kappa shape index (κ3) is 1.48. The summed E-state index contributed by atoms with van der Waals surface area (Å²) in [5.41, 5.74) is 6.74. The molecule has 74 valence electrons. The second-order valence-electron chi connectivity index (χ2n) is 3.23. The second kappa shape index (κ2) is 3.75. The molecule has 0 bridgehead atoms. The third-order valence-corrected chi connectivity index (χ3v) is 2.27. The number of alkyl halides is 1. The first kappa shape index (κ1) is 9.15. The summed E-state index contributed by atoms with van der Waals surface area (Å²) in [4.78, 5) is 0. The van der Waals surface area contributed by atoms with E-state index in [0.29, 0.717) is 18.5 Å². The average molecular weight is 193 g/mol. The number of nitrogens with zero attached hydrogens (tertiary/aromatic N) is 1. The number of hydrogen-bond donors (Lipinski definition) is 2. The van der Waals surface area contributed by atoms with Crippen molar-refractivity contribution in [1.29, 1.82) is 0 Å². The van der Waals surface area contributed by atoms with Crippen LogP contribution in [0.3, 0.4) is 0 Å². The first-order valence-electron chi connectivity index (χ1n) is 4.59. The van der Waals surface area contributed by atoms with Crippen molar-refractivity contribution in [2.45, 2.75) is 12.6 Å². The van der Waals surface area contributed by atoms with Crippen molar-refractivity contribution in [3.8, 4) is 0 Å². The lowest BCUT2D eigenvalue weighted by Gasteiger charge is -2.07. The molecule has 0 saturated heterocycles. The predicted molar refractivity (Wildman–Crippen MR) is 53.6 cm³/mol. The van der Waals surface area contributed by atoms with Gasteiger partial charge in [-0.1, -0.05) is 18.2 Å². The average Bonchev–Trinajstić information content (AvgIpc) is 2.65. The Hall–Kier alpha value is -1.42. The van der Waals surface area contributed by atoms with Crippen LogP contribution in [0.2, 0.25) is 0 Å². The number of hydrogen-bond acceptors (Lipinski definition) is 2. The molecule has 1 atom stereocenters. The Morgan fingerprint density at radius 2 is 2.36 bits per heavy atom. The summed E-state index contributed by atoms with van der Waals surface area (Å²) in [5.74, 6) is 0. The number of aromatic nitrogens is 2. The lowest BCUT2D eigenvalue weighted by Crippen LogP contribution is -2.04. The molecular weight excluding hydrogens is 181 g/mol. The van der Waals surface area contributed by atoms with Crippen LogP contribution in [0.4, 0.5) is 4.39 Å². The number of nitrogens with two attached hydrogens (primary N) is 1. The zero-order valence-electron chi connectivity index (χ0n) is 7.70. The van der Waals surface area contributed by atoms with Gasteiger partial charge in [-0.2, -0.15) is 5.10 Å². The Balaban J connectivity index is 2.45. The fourth-order valence-electron chi connectivity index (χ4n) is 1.55. The fourth-order valence-corrected chi connectivity index (χ4v) is 1.55. The van der Waals surface area contributed by atoms with Crippen molar-refractivity contribution < 1.29 is 4.39 Å². The minimum Gasteiger partial charge on any atom is -0.330 e. The molecule has 4 heteroatoms. The van der Waals surface area contributed by atoms with E-state index >= 15 is 0 Å². The molecule has 0 spiro atoms. The maximum atomic E-state index is 13.6. The molecule has 0 radical (unpaired) electrons. The number of para-hydroxylation sites is 1. The van der Waals surface area contributed by atoms with Crippen LogP contribution < -0.4 is 5.73 Å². The van der Waals surface area contributed by atoms with E-state index in [1.165, 1.54) is 0 Å². The predicted octanol–water partition coefficient (Wildman–Crippen LogP) is 1.92. The molecule has 1 aromatic carbocycles. The van der Waals surface area contributed by atoms with E-state index in [4.69, 9.17) is 5.73 Å². The molecule has 2 aromatic rings. The number of H-pyrrole nitrogens is 1. The molecule has 3 nitrogen and oxygen atoms in total. The van der Waals surface area contributed by atoms with Crippen LogP contribution in [0, 0.1) is 0 Å². The highest BCUT2D eigenvalue weighted by molar-refractivity contribution is 5.81. The van der Waals surface area contributed by atoms with Gasteiger partial charge in [0.1, 0.15) is 6.17 Å². The Kier molecular flexibility index (Phi) is 2.45. The lowest BCUT2D eigenvalue weighted by atomic mass is 10.1. The maximum absolute atomic E-state index is 13.6. The topological polar surface area (TPSA) is 54.7 Å². The van der Waals surface area contributed by atoms with E-state index in [1.807, 2.05) is 12.1 Å². The zero-order chi connectivity index (χ0) is 9.97. The quantitative estimate of drug-likeness (QED) is 0.782. The number of nitrogens with one attached hydrogen (secondary N) is 1. The standard InChI is InChI=1S/C10H12FN3/c11-9(4-5-12)8-3-1-2-7-6-13-14-10(7)8/h1-3,6,9H,4-5,12H2,(H,13,14). The van der Waals surface area contributed by atoms with Crippen molar-refractivity contribution in [2.24, 2.45) is 5.73 Å². The highest BCUT2D eigenvalue weighted by atomic mass is 19.1. The molecule has 14 heavy (non-hydrogen) atoms. The van der Waals surface area contributed by atoms with Crippen LogP contribution in [-0.2, 0) is 0 Å². The lowest BCUT2D eigenvalue weighted by molar-refractivity contribution is 0.329. The molecule has 3 N–H and O–H groups in total. The van der Waals surface area contributed by atoms with Gasteiger partial charge in [0.15, 0.2) is 0 Å². The SMILES string of the molecule is NCCC(F)c1cccc2cn[nH]c12. The van der Waals surface area contributed by atoms with E-state index in [-0.39, 0.29) is 0 Å². The summed E-state index contributed by atoms with van der Waals surface area (Å²) in [6, 6.07) is 5.49. The van der Waals surface area contributed by atoms with E-state index in [1.54, 1.807) is 12.3 Å². The molecule has 2 rings (SSSR count). The number of rotatable bonds is 3. The van der Waals surface area contributed by atoms with Crippen LogP contribution in [0.5, 0.6) is 0 Å². The Morgan fingerprint density at radius 1 is 1.50 bits per heavy atom. The second-order valence-corrected chi connectivity index (χ2v) is 3.23. The van der Waals surface area contributed by atoms with Crippen molar-refractivity contribution in [2.75, 3.05) is 6.54 Å². The number of benzene rings is 1. The first-order chi connectivity index (χ1) is 6.83. The summed E-state index contributed by atoms with van der Waals surface area (Å²) >= 11 is 0. The van der Waals surface area contributed by atoms with E-state index in [0.717, 1.165) is 10.9 Å². The third-order valence-electron chi connectivity index (χ3n) is 2.27. The molecule has 1 unspecified atom stereocenters. The van der Waals surface area contributed by atoms with Crippen molar-refractivity contribution in [3.63, 3.8) is 0 Å². The van der Waals surface area contributed by atoms with E-state index in [9.17, 15) is 4.39 Å². The van der Waals surface area contributed by atoms with Crippen LogP contribution in [-0.4, -0.2) is 16.7 Å². The molecule has 0 aliphatic rings. The van der Waals surface area contributed by atoms with Gasteiger partial charge in [0.05, 0.1) is 11.7 Å². The van der Waals surface area contributed by atoms with Crippen LogP contribution >= 0.6 is 0 Å². The fraction of sp³-hybridized carbons (Fsp3) is 0.300. The minimum atomic E-state index is -1.01. The number of fused-ring (bicyclic) bond motifs is 1. The maximum Gasteiger partial charge on any atom is 0.128 e. The van der Waals surface area contributed by atoms with Gasteiger partial charge < -0.3 is 5.73 Å². The van der Waals surface area contributed by atoms with Crippen LogP contribution in [0.1, 0.15) is 18.2 Å². The summed E-state index contributed by atoms with van der Waals surface area (Å²) in [5, 5.41) is 7.61. The van der Waals surface area contributed by atoms with Gasteiger partial charge in [0.2, 0.25) is 0 Å². The summed E-state index contributed by atoms with van der Waals surface area (Å²) in [6.45, 7) is 0.353. The molecular formula is C10H12FN3. The van der Waals surface area contributed by atoms with Crippen LogP contribution in [0.25, 0.3) is 10.9 Å². The van der Waals surface area contributed by atoms with Crippen molar-refractivity contribution >= 4 is 10.9 Å². The van der Waals surface area contributed by atoms with Crippen molar-refractivity contribution in [3.05, 3.63) is 30.0 Å². The monoisotopic (exact) mass is 193 g/mol. The molecule has 0 aliphatic heterocycles. The molecule has 0 saturated carbocycles. The minimum absolute atomic E-state index is 0.345. The zero-order valence-corrected chi connectivity index (χ0v) is 7.70. The van der Waals surface area contributed by atoms with Gasteiger partial charge in [-0.15, -0.1) is 0 Å². The van der Waals surface area contributed by atoms with Gasteiger partial charge in [-0.3, -0.25) is 5.10 Å². The van der Waals surface area contributed by atoms with Gasteiger partial charge in [-0.05, 0) is 13.0 Å². The van der Waals surface area contributed by atoms with E-state index < -0.39 is 6.17 Å². The first-order valence-corrected chi connectivity index (χ1v) is 4.59. The largest absolute Gasteiger partial charge is 0.330 e. The molecule has 0 amide bonds. The number of halogens is 1. The molecule has 0 fully saturated rings. The molecule has 1 heterocycles. The van der Waals surface area contributed by atoms with Crippen molar-refractivity contribution in [1.82, 2.24) is 10.2 Å². The summed E-state index contributed by atoms with van der Waals surface area (Å²) < 4.78 is 13.6. The normalized spacial score (nSPS) is 13.3. The number of aromatic amines is 1. The molecule has 0 aliphatic carbocycles.